The molecule has 4 heteroatoms. The van der Waals surface area contributed by atoms with E-state index in [4.69, 9.17) is 5.11 Å². The summed E-state index contributed by atoms with van der Waals surface area (Å²) in [6.07, 6.45) is 5.06. The van der Waals surface area contributed by atoms with Gasteiger partial charge in [0.05, 0.1) is 11.9 Å². The molecule has 0 unspecified atom stereocenters. The molecule has 74 valence electrons. The molecule has 1 aliphatic rings. The van der Waals surface area contributed by atoms with E-state index >= 15 is 0 Å². The Labute approximate surface area is 82.2 Å². The fraction of sp³-hybridized carbons (Fsp3) is 0.400. The van der Waals surface area contributed by atoms with E-state index in [1.165, 1.54) is 0 Å². The second-order valence-corrected chi connectivity index (χ2v) is 3.40. The molecule has 14 heavy (non-hydrogen) atoms. The molecule has 0 aliphatic carbocycles. The third-order valence-corrected chi connectivity index (χ3v) is 2.52. The Morgan fingerprint density at radius 3 is 3.14 bits per heavy atom. The van der Waals surface area contributed by atoms with Gasteiger partial charge in [-0.25, -0.2) is 4.79 Å². The number of rotatable bonds is 2. The molecule has 4 nitrogen and oxygen atoms in total. The summed E-state index contributed by atoms with van der Waals surface area (Å²) < 4.78 is 0. The topological polar surface area (TPSA) is 53.4 Å². The van der Waals surface area contributed by atoms with Crippen LogP contribution in [0.15, 0.2) is 24.5 Å². The van der Waals surface area contributed by atoms with E-state index in [0.29, 0.717) is 0 Å². The zero-order valence-corrected chi connectivity index (χ0v) is 7.76. The van der Waals surface area contributed by atoms with Gasteiger partial charge in [0.2, 0.25) is 0 Å². The van der Waals surface area contributed by atoms with Crippen molar-refractivity contribution in [2.45, 2.75) is 18.9 Å². The van der Waals surface area contributed by atoms with Crippen molar-refractivity contribution in [3.8, 4) is 0 Å². The predicted octanol–water partition coefficient (Wildman–Crippen LogP) is 1.14. The molecule has 0 amide bonds. The average molecular weight is 192 g/mol. The fourth-order valence-corrected chi connectivity index (χ4v) is 1.86. The number of carboxylic acid groups (broad SMARTS) is 1. The van der Waals surface area contributed by atoms with Crippen LogP contribution in [0.4, 0.5) is 5.69 Å². The number of carboxylic acids is 1. The SMILES string of the molecule is O=C(O)[C@@H]1CCCN1c1cccnc1. The highest BCUT2D eigenvalue weighted by Gasteiger charge is 2.30. The molecule has 0 saturated carbocycles. The highest BCUT2D eigenvalue weighted by atomic mass is 16.4. The first-order valence-corrected chi connectivity index (χ1v) is 4.68. The van der Waals surface area contributed by atoms with Crippen molar-refractivity contribution in [3.63, 3.8) is 0 Å². The van der Waals surface area contributed by atoms with Crippen molar-refractivity contribution in [1.82, 2.24) is 4.98 Å². The Balaban J connectivity index is 2.22. The van der Waals surface area contributed by atoms with Crippen molar-refractivity contribution < 1.29 is 9.90 Å². The third kappa shape index (κ3) is 1.55. The molecule has 1 aliphatic heterocycles. The number of carbonyl (C=O) groups is 1. The van der Waals surface area contributed by atoms with Gasteiger partial charge in [0.1, 0.15) is 6.04 Å². The first-order chi connectivity index (χ1) is 6.79. The fourth-order valence-electron chi connectivity index (χ4n) is 1.86. The van der Waals surface area contributed by atoms with Crippen molar-refractivity contribution in [3.05, 3.63) is 24.5 Å². The van der Waals surface area contributed by atoms with Gasteiger partial charge in [-0.1, -0.05) is 0 Å². The lowest BCUT2D eigenvalue weighted by Crippen LogP contribution is -2.35. The molecule has 1 aromatic rings. The minimum Gasteiger partial charge on any atom is -0.480 e. The number of aliphatic carboxylic acids is 1. The number of pyridine rings is 1. The summed E-state index contributed by atoms with van der Waals surface area (Å²) in [6.45, 7) is 0.808. The van der Waals surface area contributed by atoms with Crippen molar-refractivity contribution >= 4 is 11.7 Å². The van der Waals surface area contributed by atoms with Crippen molar-refractivity contribution in [2.75, 3.05) is 11.4 Å². The maximum atomic E-state index is 10.9. The molecule has 2 rings (SSSR count). The summed E-state index contributed by atoms with van der Waals surface area (Å²) in [4.78, 5) is 16.8. The summed E-state index contributed by atoms with van der Waals surface area (Å²) in [6, 6.07) is 3.35. The molecule has 2 heterocycles. The van der Waals surface area contributed by atoms with Crippen molar-refractivity contribution in [2.24, 2.45) is 0 Å². The maximum absolute atomic E-state index is 10.9. The molecule has 1 aromatic heterocycles. The second kappa shape index (κ2) is 3.65. The second-order valence-electron chi connectivity index (χ2n) is 3.40. The molecule has 1 saturated heterocycles. The third-order valence-electron chi connectivity index (χ3n) is 2.52. The summed E-state index contributed by atoms with van der Waals surface area (Å²) in [5.41, 5.74) is 0.900. The molecule has 1 atom stereocenters. The van der Waals surface area contributed by atoms with E-state index in [-0.39, 0.29) is 6.04 Å². The van der Waals surface area contributed by atoms with Gasteiger partial charge in [0, 0.05) is 12.7 Å². The van der Waals surface area contributed by atoms with Crippen LogP contribution in [0.3, 0.4) is 0 Å². The van der Waals surface area contributed by atoms with Crippen LogP contribution in [0.5, 0.6) is 0 Å². The molecule has 1 N–H and O–H groups in total. The summed E-state index contributed by atoms with van der Waals surface area (Å²) in [7, 11) is 0. The maximum Gasteiger partial charge on any atom is 0.326 e. The van der Waals surface area contributed by atoms with E-state index in [1.54, 1.807) is 12.4 Å². The largest absolute Gasteiger partial charge is 0.480 e. The summed E-state index contributed by atoms with van der Waals surface area (Å²) >= 11 is 0. The van der Waals surface area contributed by atoms with Gasteiger partial charge in [-0.2, -0.15) is 0 Å². The van der Waals surface area contributed by atoms with Gasteiger partial charge in [-0.15, -0.1) is 0 Å². The van der Waals surface area contributed by atoms with Gasteiger partial charge >= 0.3 is 5.97 Å². The average Bonchev–Trinajstić information content (AvgIpc) is 2.67. The zero-order chi connectivity index (χ0) is 9.97. The molecular formula is C10H12N2O2. The molecular weight excluding hydrogens is 180 g/mol. The highest BCUT2D eigenvalue weighted by molar-refractivity contribution is 5.78. The van der Waals surface area contributed by atoms with Crippen LogP contribution in [0.1, 0.15) is 12.8 Å². The van der Waals surface area contributed by atoms with Gasteiger partial charge in [0.25, 0.3) is 0 Å². The first-order valence-electron chi connectivity index (χ1n) is 4.68. The smallest absolute Gasteiger partial charge is 0.326 e. The summed E-state index contributed by atoms with van der Waals surface area (Å²) in [5.74, 6) is -0.744. The minimum atomic E-state index is -0.744. The quantitative estimate of drug-likeness (QED) is 0.763. The summed E-state index contributed by atoms with van der Waals surface area (Å²) in [5, 5.41) is 8.98. The molecule has 1 fully saturated rings. The van der Waals surface area contributed by atoms with Crippen molar-refractivity contribution in [1.29, 1.82) is 0 Å². The number of hydrogen-bond donors (Lipinski definition) is 1. The van der Waals surface area contributed by atoms with Crippen LogP contribution in [0, 0.1) is 0 Å². The van der Waals surface area contributed by atoms with E-state index in [2.05, 4.69) is 4.98 Å². The van der Waals surface area contributed by atoms with E-state index in [9.17, 15) is 4.79 Å². The highest BCUT2D eigenvalue weighted by Crippen LogP contribution is 2.24. The Hall–Kier alpha value is -1.58. The van der Waals surface area contributed by atoms with E-state index < -0.39 is 5.97 Å². The van der Waals surface area contributed by atoms with Crippen LogP contribution >= 0.6 is 0 Å². The Bertz CT molecular complexity index is 326. The molecule has 0 spiro atoms. The lowest BCUT2D eigenvalue weighted by atomic mass is 10.2. The lowest BCUT2D eigenvalue weighted by molar-refractivity contribution is -0.138. The monoisotopic (exact) mass is 192 g/mol. The number of nitrogens with zero attached hydrogens (tertiary/aromatic N) is 2. The van der Waals surface area contributed by atoms with Gasteiger partial charge in [0.15, 0.2) is 0 Å². The number of anilines is 1. The zero-order valence-electron chi connectivity index (χ0n) is 7.76. The van der Waals surface area contributed by atoms with Crippen LogP contribution in [-0.2, 0) is 4.79 Å². The van der Waals surface area contributed by atoms with Crippen LogP contribution in [-0.4, -0.2) is 28.6 Å². The molecule has 0 bridgehead atoms. The van der Waals surface area contributed by atoms with Gasteiger partial charge in [-0.05, 0) is 25.0 Å². The van der Waals surface area contributed by atoms with Gasteiger partial charge < -0.3 is 10.0 Å². The predicted molar refractivity (Wildman–Crippen MR) is 52.2 cm³/mol. The molecule has 0 aromatic carbocycles. The normalized spacial score (nSPS) is 21.1. The van der Waals surface area contributed by atoms with Crippen LogP contribution in [0.2, 0.25) is 0 Å². The molecule has 0 radical (unpaired) electrons. The van der Waals surface area contributed by atoms with E-state index in [1.807, 2.05) is 17.0 Å². The number of hydrogen-bond acceptors (Lipinski definition) is 3. The minimum absolute atomic E-state index is 0.376. The van der Waals surface area contributed by atoms with Crippen LogP contribution in [0.25, 0.3) is 0 Å². The Morgan fingerprint density at radius 1 is 1.64 bits per heavy atom. The standard InChI is InChI=1S/C10H12N2O2/c13-10(14)9-4-2-6-12(9)8-3-1-5-11-7-8/h1,3,5,7,9H,2,4,6H2,(H,13,14)/t9-/m0/s1. The van der Waals surface area contributed by atoms with Crippen LogP contribution < -0.4 is 4.90 Å². The van der Waals surface area contributed by atoms with E-state index in [0.717, 1.165) is 25.1 Å². The Morgan fingerprint density at radius 2 is 2.50 bits per heavy atom. The number of aromatic nitrogens is 1. The lowest BCUT2D eigenvalue weighted by Gasteiger charge is -2.22. The first kappa shape index (κ1) is 8.99. The Kier molecular flexibility index (Phi) is 2.35. The van der Waals surface area contributed by atoms with Gasteiger partial charge in [-0.3, -0.25) is 4.98 Å².